The smallest absolute Gasteiger partial charge is 0.416 e. The van der Waals surface area contributed by atoms with E-state index in [1.165, 1.54) is 22.7 Å². The monoisotopic (exact) mass is 552 g/mol. The first-order valence-corrected chi connectivity index (χ1v) is 14.2. The predicted molar refractivity (Wildman–Crippen MR) is 135 cm³/mol. The summed E-state index contributed by atoms with van der Waals surface area (Å²) < 4.78 is 77.0. The van der Waals surface area contributed by atoms with Gasteiger partial charge in [0.2, 0.25) is 10.0 Å². The van der Waals surface area contributed by atoms with Crippen molar-refractivity contribution in [1.82, 2.24) is 14.1 Å². The van der Waals surface area contributed by atoms with Crippen molar-refractivity contribution in [2.75, 3.05) is 58.7 Å². The van der Waals surface area contributed by atoms with Crippen LogP contribution in [0.3, 0.4) is 0 Å². The van der Waals surface area contributed by atoms with E-state index in [2.05, 4.69) is 9.80 Å². The van der Waals surface area contributed by atoms with Crippen molar-refractivity contribution in [3.8, 4) is 11.8 Å². The molecule has 0 saturated carbocycles. The number of nitriles is 1. The summed E-state index contributed by atoms with van der Waals surface area (Å²) >= 11 is 0. The Morgan fingerprint density at radius 3 is 2.32 bits per heavy atom. The summed E-state index contributed by atoms with van der Waals surface area (Å²) in [6, 6.07) is 14.1. The number of hydrogen-bond donors (Lipinski definition) is 0. The Morgan fingerprint density at radius 1 is 1.05 bits per heavy atom. The number of rotatable bonds is 10. The van der Waals surface area contributed by atoms with Crippen molar-refractivity contribution in [3.63, 3.8) is 0 Å². The van der Waals surface area contributed by atoms with Gasteiger partial charge in [-0.15, -0.1) is 0 Å². The molecule has 2 aromatic rings. The molecule has 12 heteroatoms. The lowest BCUT2D eigenvalue weighted by atomic mass is 10.1. The number of morpholine rings is 2. The third-order valence-corrected chi connectivity index (χ3v) is 7.92. The van der Waals surface area contributed by atoms with Crippen LogP contribution in [-0.2, 0) is 27.5 Å². The van der Waals surface area contributed by atoms with Gasteiger partial charge in [-0.1, -0.05) is 18.2 Å². The Kier molecular flexibility index (Phi) is 8.95. The van der Waals surface area contributed by atoms with E-state index in [4.69, 9.17) is 14.7 Å². The first-order valence-electron chi connectivity index (χ1n) is 12.3. The zero-order valence-corrected chi connectivity index (χ0v) is 21.9. The molecule has 38 heavy (non-hydrogen) atoms. The molecule has 8 nitrogen and oxygen atoms in total. The average molecular weight is 553 g/mol. The molecule has 2 heterocycles. The molecule has 2 aromatic carbocycles. The summed E-state index contributed by atoms with van der Waals surface area (Å²) in [6.45, 7) is 4.07. The summed E-state index contributed by atoms with van der Waals surface area (Å²) in [4.78, 5) is 4.30. The van der Waals surface area contributed by atoms with Crippen LogP contribution in [0.25, 0.3) is 0 Å². The highest BCUT2D eigenvalue weighted by Crippen LogP contribution is 2.30. The molecule has 0 N–H and O–H groups in total. The van der Waals surface area contributed by atoms with Crippen LogP contribution in [0.1, 0.15) is 16.7 Å². The maximum atomic E-state index is 13.1. The van der Waals surface area contributed by atoms with Gasteiger partial charge in [0.1, 0.15) is 12.4 Å². The van der Waals surface area contributed by atoms with Crippen LogP contribution < -0.4 is 4.74 Å². The van der Waals surface area contributed by atoms with E-state index in [1.807, 2.05) is 6.07 Å². The molecule has 2 aliphatic heterocycles. The Balaban J connectivity index is 1.26. The van der Waals surface area contributed by atoms with E-state index in [0.717, 1.165) is 6.07 Å². The lowest BCUT2D eigenvalue weighted by Crippen LogP contribution is -2.60. The van der Waals surface area contributed by atoms with Crippen molar-refractivity contribution in [2.24, 2.45) is 0 Å². The summed E-state index contributed by atoms with van der Waals surface area (Å²) in [6.07, 6.45) is -3.39. The summed E-state index contributed by atoms with van der Waals surface area (Å²) in [5, 5.41) is 8.88. The van der Waals surface area contributed by atoms with Gasteiger partial charge in [0, 0.05) is 52.4 Å². The number of fused-ring (bicyclic) bond motifs is 2. The van der Waals surface area contributed by atoms with Gasteiger partial charge in [-0.3, -0.25) is 9.80 Å². The van der Waals surface area contributed by atoms with Gasteiger partial charge in [-0.2, -0.15) is 22.7 Å². The second kappa shape index (κ2) is 12.0. The van der Waals surface area contributed by atoms with Crippen molar-refractivity contribution in [2.45, 2.75) is 24.9 Å². The fraction of sp³-hybridized carbons (Fsp3) is 0.500. The number of halogens is 3. The molecule has 0 radical (unpaired) electrons. The minimum absolute atomic E-state index is 0.0975. The number of hydrogen-bond acceptors (Lipinski definition) is 7. The summed E-state index contributed by atoms with van der Waals surface area (Å²) in [5.41, 5.74) is 0.486. The van der Waals surface area contributed by atoms with Gasteiger partial charge in [-0.05, 0) is 35.9 Å². The third-order valence-electron chi connectivity index (χ3n) is 6.62. The Hall–Kier alpha value is -2.69. The predicted octanol–water partition coefficient (Wildman–Crippen LogP) is 2.80. The van der Waals surface area contributed by atoms with Crippen molar-refractivity contribution in [3.05, 3.63) is 65.2 Å². The van der Waals surface area contributed by atoms with Gasteiger partial charge in [0.05, 0.1) is 35.7 Å². The maximum Gasteiger partial charge on any atom is 0.416 e. The molecule has 2 aliphatic rings. The molecule has 2 bridgehead atoms. The lowest BCUT2D eigenvalue weighted by Gasteiger charge is -2.46. The Bertz CT molecular complexity index is 1220. The van der Waals surface area contributed by atoms with Crippen LogP contribution in [0.2, 0.25) is 0 Å². The van der Waals surface area contributed by atoms with Gasteiger partial charge in [0.15, 0.2) is 0 Å². The first kappa shape index (κ1) is 28.3. The molecule has 2 atom stereocenters. The highest BCUT2D eigenvalue weighted by molar-refractivity contribution is 7.88. The van der Waals surface area contributed by atoms with E-state index in [0.29, 0.717) is 62.7 Å². The molecule has 2 unspecified atom stereocenters. The van der Waals surface area contributed by atoms with Crippen LogP contribution in [0, 0.1) is 11.3 Å². The van der Waals surface area contributed by atoms with E-state index < -0.39 is 21.8 Å². The summed E-state index contributed by atoms with van der Waals surface area (Å²) in [5.74, 6) is 0.563. The fourth-order valence-electron chi connectivity index (χ4n) is 4.86. The molecular weight excluding hydrogens is 521 g/mol. The fourth-order valence-corrected chi connectivity index (χ4v) is 5.68. The minimum Gasteiger partial charge on any atom is -0.492 e. The van der Waals surface area contributed by atoms with Crippen LogP contribution in [0.4, 0.5) is 13.2 Å². The van der Waals surface area contributed by atoms with E-state index in [9.17, 15) is 21.6 Å². The van der Waals surface area contributed by atoms with E-state index in [-0.39, 0.29) is 25.4 Å². The number of alkyl halides is 3. The zero-order valence-electron chi connectivity index (χ0n) is 21.1. The Labute approximate surface area is 221 Å². The lowest BCUT2D eigenvalue weighted by molar-refractivity contribution is -0.141. The summed E-state index contributed by atoms with van der Waals surface area (Å²) in [7, 11) is -3.44. The first-order chi connectivity index (χ1) is 18.0. The highest BCUT2D eigenvalue weighted by atomic mass is 32.2. The van der Waals surface area contributed by atoms with Crippen LogP contribution in [-0.4, -0.2) is 93.4 Å². The van der Waals surface area contributed by atoms with Gasteiger partial charge in [0.25, 0.3) is 0 Å². The normalized spacial score (nSPS) is 20.8. The second-order valence-corrected chi connectivity index (χ2v) is 11.7. The van der Waals surface area contributed by atoms with E-state index >= 15 is 0 Å². The molecule has 0 spiro atoms. The topological polar surface area (TPSA) is 86.1 Å². The largest absolute Gasteiger partial charge is 0.492 e. The highest BCUT2D eigenvalue weighted by Gasteiger charge is 2.35. The van der Waals surface area contributed by atoms with Crippen LogP contribution in [0.15, 0.2) is 48.5 Å². The number of sulfonamides is 1. The van der Waals surface area contributed by atoms with Crippen molar-refractivity contribution in [1.29, 1.82) is 5.26 Å². The second-order valence-electron chi connectivity index (χ2n) is 9.68. The molecule has 206 valence electrons. The third kappa shape index (κ3) is 7.91. The van der Waals surface area contributed by atoms with Gasteiger partial charge < -0.3 is 9.47 Å². The van der Waals surface area contributed by atoms with Crippen LogP contribution >= 0.6 is 0 Å². The van der Waals surface area contributed by atoms with Crippen molar-refractivity contribution >= 4 is 10.0 Å². The molecule has 0 amide bonds. The van der Waals surface area contributed by atoms with Gasteiger partial charge >= 0.3 is 6.18 Å². The zero-order chi connectivity index (χ0) is 27.3. The minimum atomic E-state index is -4.37. The SMILES string of the molecule is CS(=O)(=O)N(CCOc1ccc(C#N)cc1)CCN1CC2CN(Cc3cccc(C(F)(F)F)c3)CC(C1)O2. The molecule has 4 rings (SSSR count). The van der Waals surface area contributed by atoms with Gasteiger partial charge in [-0.25, -0.2) is 8.42 Å². The molecule has 2 fully saturated rings. The molecular formula is C26H31F3N4O4S. The standard InChI is InChI=1S/C26H31F3N4O4S/c1-38(34,35)33(11-12-36-23-7-5-20(14-30)6-8-23)10-9-31-16-24-18-32(19-25(17-31)37-24)15-21-3-2-4-22(13-21)26(27,28)29/h2-8,13,24-25H,9-12,15-19H2,1H3. The maximum absolute atomic E-state index is 13.1. The van der Waals surface area contributed by atoms with Crippen molar-refractivity contribution < 1.29 is 31.1 Å². The molecule has 0 aliphatic carbocycles. The quantitative estimate of drug-likeness (QED) is 0.448. The number of nitrogens with zero attached hydrogens (tertiary/aromatic N) is 4. The number of ether oxygens (including phenoxy) is 2. The molecule has 0 aromatic heterocycles. The number of benzene rings is 2. The van der Waals surface area contributed by atoms with E-state index in [1.54, 1.807) is 30.3 Å². The molecule has 2 saturated heterocycles. The van der Waals surface area contributed by atoms with Crippen LogP contribution in [0.5, 0.6) is 5.75 Å². The Morgan fingerprint density at radius 2 is 1.71 bits per heavy atom. The average Bonchev–Trinajstić information content (AvgIpc) is 2.85.